The van der Waals surface area contributed by atoms with E-state index >= 15 is 0 Å². The third kappa shape index (κ3) is 2.62. The maximum Gasteiger partial charge on any atom is 0.128 e. The molecule has 94 valence electrons. The molecule has 0 unspecified atom stereocenters. The third-order valence-corrected chi connectivity index (χ3v) is 2.98. The zero-order chi connectivity index (χ0) is 13.1. The van der Waals surface area contributed by atoms with E-state index in [-0.39, 0.29) is 5.82 Å². The lowest BCUT2D eigenvalue weighted by atomic mass is 10.1. The number of benzene rings is 2. The van der Waals surface area contributed by atoms with Crippen molar-refractivity contribution < 1.29 is 4.39 Å². The van der Waals surface area contributed by atoms with E-state index < -0.39 is 0 Å². The van der Waals surface area contributed by atoms with E-state index in [4.69, 9.17) is 5.73 Å². The Labute approximate surface area is 107 Å². The molecule has 0 atom stereocenters. The van der Waals surface area contributed by atoms with Gasteiger partial charge in [-0.3, -0.25) is 0 Å². The molecule has 2 nitrogen and oxygen atoms in total. The summed E-state index contributed by atoms with van der Waals surface area (Å²) in [6.07, 6.45) is 0. The minimum Gasteiger partial charge on any atom is -0.397 e. The summed E-state index contributed by atoms with van der Waals surface area (Å²) in [5.74, 6) is -0.260. The molecular weight excluding hydrogens is 227 g/mol. The highest BCUT2D eigenvalue weighted by molar-refractivity contribution is 5.68. The van der Waals surface area contributed by atoms with Crippen LogP contribution in [0.2, 0.25) is 0 Å². The van der Waals surface area contributed by atoms with Crippen LogP contribution in [0.1, 0.15) is 11.1 Å². The summed E-state index contributed by atoms with van der Waals surface area (Å²) in [5, 5.41) is 0. The SMILES string of the molecule is Cc1cc(N(C)Cc2ccccc2)c(N)cc1F. The lowest BCUT2D eigenvalue weighted by Gasteiger charge is -2.22. The van der Waals surface area contributed by atoms with E-state index in [1.54, 1.807) is 13.0 Å². The van der Waals surface area contributed by atoms with E-state index in [1.807, 2.05) is 30.1 Å². The average Bonchev–Trinajstić information content (AvgIpc) is 2.35. The van der Waals surface area contributed by atoms with Crippen LogP contribution >= 0.6 is 0 Å². The lowest BCUT2D eigenvalue weighted by molar-refractivity contribution is 0.619. The second kappa shape index (κ2) is 5.08. The third-order valence-electron chi connectivity index (χ3n) is 2.98. The number of aryl methyl sites for hydroxylation is 1. The Morgan fingerprint density at radius 1 is 1.17 bits per heavy atom. The number of nitrogen functional groups attached to an aromatic ring is 1. The predicted octanol–water partition coefficient (Wildman–Crippen LogP) is 3.35. The highest BCUT2D eigenvalue weighted by Crippen LogP contribution is 2.26. The summed E-state index contributed by atoms with van der Waals surface area (Å²) in [6, 6.07) is 13.3. The molecule has 0 spiro atoms. The number of hydrogen-bond acceptors (Lipinski definition) is 2. The molecular formula is C15H17FN2. The molecule has 2 aromatic rings. The van der Waals surface area contributed by atoms with Gasteiger partial charge in [-0.05, 0) is 30.2 Å². The van der Waals surface area contributed by atoms with Crippen molar-refractivity contribution in [1.29, 1.82) is 0 Å². The topological polar surface area (TPSA) is 29.3 Å². The van der Waals surface area contributed by atoms with E-state index in [1.165, 1.54) is 11.6 Å². The molecule has 0 aliphatic carbocycles. The summed E-state index contributed by atoms with van der Waals surface area (Å²) >= 11 is 0. The standard InChI is InChI=1S/C15H17FN2/c1-11-8-15(14(17)9-13(11)16)18(2)10-12-6-4-3-5-7-12/h3-9H,10,17H2,1-2H3. The molecule has 0 radical (unpaired) electrons. The molecule has 18 heavy (non-hydrogen) atoms. The summed E-state index contributed by atoms with van der Waals surface area (Å²) < 4.78 is 13.4. The van der Waals surface area contributed by atoms with Gasteiger partial charge in [0.25, 0.3) is 0 Å². The quantitative estimate of drug-likeness (QED) is 0.839. The van der Waals surface area contributed by atoms with Crippen molar-refractivity contribution in [3.63, 3.8) is 0 Å². The predicted molar refractivity (Wildman–Crippen MR) is 74.1 cm³/mol. The molecule has 2 rings (SSSR count). The first-order valence-electron chi connectivity index (χ1n) is 5.88. The number of halogens is 1. The fourth-order valence-electron chi connectivity index (χ4n) is 1.95. The molecule has 0 aliphatic rings. The summed E-state index contributed by atoms with van der Waals surface area (Å²) in [6.45, 7) is 2.49. The van der Waals surface area contributed by atoms with Gasteiger partial charge in [-0.2, -0.15) is 0 Å². The van der Waals surface area contributed by atoms with Gasteiger partial charge in [-0.15, -0.1) is 0 Å². The number of anilines is 2. The highest BCUT2D eigenvalue weighted by atomic mass is 19.1. The minimum atomic E-state index is -0.260. The van der Waals surface area contributed by atoms with Crippen LogP contribution < -0.4 is 10.6 Å². The molecule has 0 aliphatic heterocycles. The monoisotopic (exact) mass is 244 g/mol. The first-order chi connectivity index (χ1) is 8.58. The summed E-state index contributed by atoms with van der Waals surface area (Å²) in [7, 11) is 1.95. The Morgan fingerprint density at radius 2 is 1.83 bits per heavy atom. The molecule has 0 saturated carbocycles. The number of rotatable bonds is 3. The zero-order valence-corrected chi connectivity index (χ0v) is 10.7. The van der Waals surface area contributed by atoms with Crippen LogP contribution in [0.5, 0.6) is 0 Å². The van der Waals surface area contributed by atoms with Gasteiger partial charge in [0, 0.05) is 13.6 Å². The Hall–Kier alpha value is -2.03. The second-order valence-electron chi connectivity index (χ2n) is 4.50. The summed E-state index contributed by atoms with van der Waals surface area (Å²) in [5.41, 5.74) is 9.00. The fourth-order valence-corrected chi connectivity index (χ4v) is 1.95. The highest BCUT2D eigenvalue weighted by Gasteiger charge is 2.09. The lowest BCUT2D eigenvalue weighted by Crippen LogP contribution is -2.18. The van der Waals surface area contributed by atoms with Gasteiger partial charge >= 0.3 is 0 Å². The van der Waals surface area contributed by atoms with Crippen molar-refractivity contribution in [2.75, 3.05) is 17.7 Å². The molecule has 3 heteroatoms. The molecule has 0 amide bonds. The Morgan fingerprint density at radius 3 is 2.50 bits per heavy atom. The van der Waals surface area contributed by atoms with Gasteiger partial charge in [0.2, 0.25) is 0 Å². The van der Waals surface area contributed by atoms with Crippen LogP contribution in [-0.2, 0) is 6.54 Å². The maximum absolute atomic E-state index is 13.4. The van der Waals surface area contributed by atoms with E-state index in [2.05, 4.69) is 12.1 Å². The van der Waals surface area contributed by atoms with Crippen LogP contribution in [0, 0.1) is 12.7 Å². The van der Waals surface area contributed by atoms with Crippen molar-refractivity contribution in [1.82, 2.24) is 0 Å². The first-order valence-corrected chi connectivity index (χ1v) is 5.88. The van der Waals surface area contributed by atoms with Crippen molar-refractivity contribution >= 4 is 11.4 Å². The number of nitrogens with two attached hydrogens (primary N) is 1. The Kier molecular flexibility index (Phi) is 3.51. The average molecular weight is 244 g/mol. The normalized spacial score (nSPS) is 10.4. The van der Waals surface area contributed by atoms with E-state index in [9.17, 15) is 4.39 Å². The van der Waals surface area contributed by atoms with Gasteiger partial charge in [0.1, 0.15) is 5.82 Å². The number of nitrogens with zero attached hydrogens (tertiary/aromatic N) is 1. The van der Waals surface area contributed by atoms with Crippen LogP contribution in [0.4, 0.5) is 15.8 Å². The van der Waals surface area contributed by atoms with Crippen molar-refractivity contribution in [3.8, 4) is 0 Å². The molecule has 0 fully saturated rings. The van der Waals surface area contributed by atoms with E-state index in [0.29, 0.717) is 11.3 Å². The van der Waals surface area contributed by atoms with Gasteiger partial charge in [-0.1, -0.05) is 30.3 Å². The van der Waals surface area contributed by atoms with Gasteiger partial charge in [0.15, 0.2) is 0 Å². The van der Waals surface area contributed by atoms with E-state index in [0.717, 1.165) is 12.2 Å². The van der Waals surface area contributed by atoms with Crippen molar-refractivity contribution in [3.05, 3.63) is 59.4 Å². The molecule has 0 heterocycles. The minimum absolute atomic E-state index is 0.260. The summed E-state index contributed by atoms with van der Waals surface area (Å²) in [4.78, 5) is 2.02. The van der Waals surface area contributed by atoms with Crippen LogP contribution in [-0.4, -0.2) is 7.05 Å². The molecule has 2 aromatic carbocycles. The van der Waals surface area contributed by atoms with Crippen LogP contribution in [0.15, 0.2) is 42.5 Å². The first kappa shape index (κ1) is 12.4. The fraction of sp³-hybridized carbons (Fsp3) is 0.200. The smallest absolute Gasteiger partial charge is 0.128 e. The van der Waals surface area contributed by atoms with Crippen LogP contribution in [0.3, 0.4) is 0 Å². The largest absolute Gasteiger partial charge is 0.397 e. The van der Waals surface area contributed by atoms with Gasteiger partial charge in [-0.25, -0.2) is 4.39 Å². The van der Waals surface area contributed by atoms with Crippen molar-refractivity contribution in [2.24, 2.45) is 0 Å². The Bertz CT molecular complexity index is 538. The van der Waals surface area contributed by atoms with Gasteiger partial charge < -0.3 is 10.6 Å². The maximum atomic E-state index is 13.4. The van der Waals surface area contributed by atoms with Crippen molar-refractivity contribution in [2.45, 2.75) is 13.5 Å². The zero-order valence-electron chi connectivity index (χ0n) is 10.7. The molecule has 0 saturated heterocycles. The van der Waals surface area contributed by atoms with Crippen LogP contribution in [0.25, 0.3) is 0 Å². The number of hydrogen-bond donors (Lipinski definition) is 1. The molecule has 0 aromatic heterocycles. The second-order valence-corrected chi connectivity index (χ2v) is 4.50. The molecule has 2 N–H and O–H groups in total. The van der Waals surface area contributed by atoms with Gasteiger partial charge in [0.05, 0.1) is 11.4 Å². The Balaban J connectivity index is 2.24. The molecule has 0 bridgehead atoms.